The summed E-state index contributed by atoms with van der Waals surface area (Å²) in [6, 6.07) is 7.67. The topological polar surface area (TPSA) is 72.9 Å². The van der Waals surface area contributed by atoms with E-state index in [0.29, 0.717) is 6.42 Å². The number of benzene rings is 1. The van der Waals surface area contributed by atoms with Gasteiger partial charge in [0.2, 0.25) is 5.91 Å². The molecule has 1 amide bonds. The zero-order chi connectivity index (χ0) is 14.0. The molecule has 5 heteroatoms. The van der Waals surface area contributed by atoms with Crippen molar-refractivity contribution in [2.45, 2.75) is 31.2 Å². The van der Waals surface area contributed by atoms with E-state index in [1.807, 2.05) is 35.0 Å². The first kappa shape index (κ1) is 12.9. The lowest BCUT2D eigenvalue weighted by atomic mass is 9.75. The van der Waals surface area contributed by atoms with Gasteiger partial charge in [-0.05, 0) is 37.5 Å². The summed E-state index contributed by atoms with van der Waals surface area (Å²) in [5, 5.41) is 2.92. The highest BCUT2D eigenvalue weighted by Crippen LogP contribution is 2.32. The van der Waals surface area contributed by atoms with Crippen molar-refractivity contribution in [3.05, 3.63) is 43.0 Å². The Bertz CT molecular complexity index is 602. The summed E-state index contributed by atoms with van der Waals surface area (Å²) < 4.78 is 1.89. The number of carbonyl (C=O) groups is 1. The number of carbonyl (C=O) groups excluding carboxylic acids is 1. The molecule has 1 heterocycles. The van der Waals surface area contributed by atoms with Crippen LogP contribution in [0, 0.1) is 0 Å². The van der Waals surface area contributed by atoms with Crippen LogP contribution in [0.25, 0.3) is 5.69 Å². The van der Waals surface area contributed by atoms with E-state index in [9.17, 15) is 4.79 Å². The highest BCUT2D eigenvalue weighted by Gasteiger charge is 2.34. The summed E-state index contributed by atoms with van der Waals surface area (Å²) in [4.78, 5) is 16.0. The van der Waals surface area contributed by atoms with Gasteiger partial charge in [-0.2, -0.15) is 0 Å². The van der Waals surface area contributed by atoms with Crippen LogP contribution in [0.2, 0.25) is 0 Å². The third kappa shape index (κ3) is 2.72. The summed E-state index contributed by atoms with van der Waals surface area (Å²) in [6.45, 7) is 0. The molecule has 0 unspecified atom stereocenters. The van der Waals surface area contributed by atoms with Crippen LogP contribution >= 0.6 is 0 Å². The number of imidazole rings is 1. The molecule has 1 saturated carbocycles. The Morgan fingerprint density at radius 2 is 2.30 bits per heavy atom. The molecular weight excluding hydrogens is 252 g/mol. The van der Waals surface area contributed by atoms with Crippen molar-refractivity contribution in [3.63, 3.8) is 0 Å². The van der Waals surface area contributed by atoms with Crippen molar-refractivity contribution in [1.82, 2.24) is 9.55 Å². The molecule has 0 atom stereocenters. The number of hydrogen-bond acceptors (Lipinski definition) is 3. The fourth-order valence-electron chi connectivity index (χ4n) is 2.49. The first-order valence-electron chi connectivity index (χ1n) is 6.82. The lowest BCUT2D eigenvalue weighted by Gasteiger charge is -2.37. The molecule has 0 radical (unpaired) electrons. The molecule has 2 aromatic rings. The van der Waals surface area contributed by atoms with Gasteiger partial charge in [0.15, 0.2) is 0 Å². The highest BCUT2D eigenvalue weighted by molar-refractivity contribution is 5.91. The average molecular weight is 270 g/mol. The molecule has 1 aliphatic rings. The summed E-state index contributed by atoms with van der Waals surface area (Å²) in [5.74, 6) is -0.0185. The number of nitrogens with one attached hydrogen (secondary N) is 1. The van der Waals surface area contributed by atoms with Crippen LogP contribution in [0.1, 0.15) is 25.7 Å². The van der Waals surface area contributed by atoms with Crippen LogP contribution in [0.5, 0.6) is 0 Å². The van der Waals surface area contributed by atoms with Crippen LogP contribution in [0.4, 0.5) is 5.69 Å². The van der Waals surface area contributed by atoms with Gasteiger partial charge in [-0.15, -0.1) is 0 Å². The van der Waals surface area contributed by atoms with Gasteiger partial charge in [0, 0.05) is 35.7 Å². The fourth-order valence-corrected chi connectivity index (χ4v) is 2.49. The predicted molar refractivity (Wildman–Crippen MR) is 77.6 cm³/mol. The zero-order valence-electron chi connectivity index (χ0n) is 11.2. The second-order valence-corrected chi connectivity index (χ2v) is 5.46. The van der Waals surface area contributed by atoms with Gasteiger partial charge < -0.3 is 15.6 Å². The molecule has 1 aliphatic carbocycles. The molecule has 3 N–H and O–H groups in total. The average Bonchev–Trinajstić information content (AvgIpc) is 2.91. The van der Waals surface area contributed by atoms with Gasteiger partial charge in [0.25, 0.3) is 0 Å². The zero-order valence-corrected chi connectivity index (χ0v) is 11.2. The quantitative estimate of drug-likeness (QED) is 0.893. The standard InChI is InChI=1S/C15H18N4O/c16-15(5-2-6-15)10-14(20)18-12-3-1-4-13(9-12)19-8-7-17-11-19/h1,3-4,7-9,11H,2,5-6,10,16H2,(H,18,20). The van der Waals surface area contributed by atoms with Gasteiger partial charge in [-0.1, -0.05) is 6.07 Å². The van der Waals surface area contributed by atoms with Crippen LogP contribution in [-0.4, -0.2) is 21.0 Å². The summed E-state index contributed by atoms with van der Waals surface area (Å²) in [7, 11) is 0. The highest BCUT2D eigenvalue weighted by atomic mass is 16.1. The number of hydrogen-bond donors (Lipinski definition) is 2. The molecule has 1 aromatic carbocycles. The second kappa shape index (κ2) is 5.09. The van der Waals surface area contributed by atoms with E-state index in [1.165, 1.54) is 0 Å². The van der Waals surface area contributed by atoms with Gasteiger partial charge in [0.1, 0.15) is 0 Å². The molecule has 1 fully saturated rings. The maximum atomic E-state index is 12.0. The Labute approximate surface area is 117 Å². The Balaban J connectivity index is 1.68. The molecule has 0 bridgehead atoms. The number of nitrogens with zero attached hydrogens (tertiary/aromatic N) is 2. The largest absolute Gasteiger partial charge is 0.326 e. The number of aromatic nitrogens is 2. The van der Waals surface area contributed by atoms with Gasteiger partial charge >= 0.3 is 0 Å². The molecular formula is C15H18N4O. The van der Waals surface area contributed by atoms with E-state index in [2.05, 4.69) is 10.3 Å². The minimum atomic E-state index is -0.286. The Kier molecular flexibility index (Phi) is 3.28. The van der Waals surface area contributed by atoms with Gasteiger partial charge in [-0.25, -0.2) is 4.98 Å². The van der Waals surface area contributed by atoms with E-state index >= 15 is 0 Å². The molecule has 0 saturated heterocycles. The van der Waals surface area contributed by atoms with Crippen LogP contribution in [-0.2, 0) is 4.79 Å². The first-order chi connectivity index (χ1) is 9.65. The maximum absolute atomic E-state index is 12.0. The Hall–Kier alpha value is -2.14. The normalized spacial score (nSPS) is 16.4. The molecule has 5 nitrogen and oxygen atoms in total. The molecule has 3 rings (SSSR count). The van der Waals surface area contributed by atoms with E-state index in [1.54, 1.807) is 12.5 Å². The maximum Gasteiger partial charge on any atom is 0.226 e. The van der Waals surface area contributed by atoms with E-state index in [4.69, 9.17) is 5.73 Å². The van der Waals surface area contributed by atoms with Gasteiger partial charge in [0.05, 0.1) is 6.33 Å². The molecule has 1 aromatic heterocycles. The SMILES string of the molecule is NC1(CC(=O)Nc2cccc(-n3ccnc3)c2)CCC1. The van der Waals surface area contributed by atoms with Crippen LogP contribution in [0.3, 0.4) is 0 Å². The second-order valence-electron chi connectivity index (χ2n) is 5.46. The smallest absolute Gasteiger partial charge is 0.226 e. The van der Waals surface area contributed by atoms with Crippen molar-refractivity contribution < 1.29 is 4.79 Å². The number of nitrogens with two attached hydrogens (primary N) is 1. The van der Waals surface area contributed by atoms with Gasteiger partial charge in [-0.3, -0.25) is 4.79 Å². The van der Waals surface area contributed by atoms with E-state index < -0.39 is 0 Å². The third-order valence-electron chi connectivity index (χ3n) is 3.79. The van der Waals surface area contributed by atoms with Crippen molar-refractivity contribution >= 4 is 11.6 Å². The minimum absolute atomic E-state index is 0.0185. The van der Waals surface area contributed by atoms with E-state index in [-0.39, 0.29) is 11.4 Å². The molecule has 20 heavy (non-hydrogen) atoms. The van der Waals surface area contributed by atoms with Crippen LogP contribution in [0.15, 0.2) is 43.0 Å². The van der Waals surface area contributed by atoms with Crippen molar-refractivity contribution in [1.29, 1.82) is 0 Å². The van der Waals surface area contributed by atoms with E-state index in [0.717, 1.165) is 30.6 Å². The van der Waals surface area contributed by atoms with Crippen molar-refractivity contribution in [3.8, 4) is 5.69 Å². The number of rotatable bonds is 4. The lowest BCUT2D eigenvalue weighted by Crippen LogP contribution is -2.48. The Morgan fingerprint density at radius 1 is 1.45 bits per heavy atom. The number of amides is 1. The fraction of sp³-hybridized carbons (Fsp3) is 0.333. The lowest BCUT2D eigenvalue weighted by molar-refractivity contribution is -0.118. The van der Waals surface area contributed by atoms with Crippen molar-refractivity contribution in [2.24, 2.45) is 5.73 Å². The summed E-state index contributed by atoms with van der Waals surface area (Å²) in [6.07, 6.45) is 8.71. The first-order valence-corrected chi connectivity index (χ1v) is 6.82. The predicted octanol–water partition coefficient (Wildman–Crippen LogP) is 2.08. The third-order valence-corrected chi connectivity index (χ3v) is 3.79. The van der Waals surface area contributed by atoms with Crippen molar-refractivity contribution in [2.75, 3.05) is 5.32 Å². The molecule has 104 valence electrons. The minimum Gasteiger partial charge on any atom is -0.326 e. The van der Waals surface area contributed by atoms with Crippen LogP contribution < -0.4 is 11.1 Å². The summed E-state index contributed by atoms with van der Waals surface area (Å²) >= 11 is 0. The number of anilines is 1. The summed E-state index contributed by atoms with van der Waals surface area (Å²) in [5.41, 5.74) is 7.55. The molecule has 0 aliphatic heterocycles. The Morgan fingerprint density at radius 3 is 2.95 bits per heavy atom. The monoisotopic (exact) mass is 270 g/mol. The molecule has 0 spiro atoms.